The van der Waals surface area contributed by atoms with Gasteiger partial charge in [0.1, 0.15) is 5.75 Å². The Morgan fingerprint density at radius 2 is 2.28 bits per heavy atom. The molecule has 0 aliphatic heterocycles. The Morgan fingerprint density at radius 3 is 2.89 bits per heavy atom. The minimum Gasteiger partial charge on any atom is -0.477 e. The van der Waals surface area contributed by atoms with Crippen molar-refractivity contribution in [2.45, 2.75) is 20.3 Å². The van der Waals surface area contributed by atoms with Crippen molar-refractivity contribution in [2.24, 2.45) is 5.84 Å². The van der Waals surface area contributed by atoms with Crippen LogP contribution >= 0.6 is 11.3 Å². The Morgan fingerprint density at radius 1 is 1.44 bits per heavy atom. The molecule has 0 saturated heterocycles. The van der Waals surface area contributed by atoms with Crippen LogP contribution in [0.1, 0.15) is 18.2 Å². The highest BCUT2D eigenvalue weighted by Gasteiger charge is 2.09. The number of thiazole rings is 1. The van der Waals surface area contributed by atoms with Crippen molar-refractivity contribution in [3.63, 3.8) is 0 Å². The van der Waals surface area contributed by atoms with Gasteiger partial charge in [-0.05, 0) is 30.5 Å². The quantitative estimate of drug-likeness (QED) is 0.494. The van der Waals surface area contributed by atoms with Crippen LogP contribution in [0.2, 0.25) is 0 Å². The van der Waals surface area contributed by atoms with Gasteiger partial charge in [0.25, 0.3) is 0 Å². The van der Waals surface area contributed by atoms with Gasteiger partial charge in [0.15, 0.2) is 6.73 Å². The third kappa shape index (κ3) is 2.69. The van der Waals surface area contributed by atoms with E-state index in [1.807, 2.05) is 12.4 Å². The van der Waals surface area contributed by atoms with E-state index in [9.17, 15) is 0 Å². The SMILES string of the molecule is CCc1ccc(-c2scnc2C)cc1OCNN. The first kappa shape index (κ1) is 13.0. The molecule has 18 heavy (non-hydrogen) atoms. The summed E-state index contributed by atoms with van der Waals surface area (Å²) in [7, 11) is 0. The lowest BCUT2D eigenvalue weighted by molar-refractivity contribution is 0.284. The van der Waals surface area contributed by atoms with Gasteiger partial charge in [-0.25, -0.2) is 10.4 Å². The molecule has 5 heteroatoms. The molecule has 3 N–H and O–H groups in total. The average molecular weight is 263 g/mol. The summed E-state index contributed by atoms with van der Waals surface area (Å²) in [5.74, 6) is 6.12. The molecule has 0 fully saturated rings. The highest BCUT2D eigenvalue weighted by atomic mass is 32.1. The maximum atomic E-state index is 5.60. The number of nitrogens with zero attached hydrogens (tertiary/aromatic N) is 1. The second kappa shape index (κ2) is 5.95. The fraction of sp³-hybridized carbons (Fsp3) is 0.308. The minimum atomic E-state index is 0.304. The summed E-state index contributed by atoms with van der Waals surface area (Å²) in [6, 6.07) is 6.26. The molecule has 96 valence electrons. The molecule has 0 atom stereocenters. The Kier molecular flexibility index (Phi) is 4.30. The molecule has 0 aliphatic carbocycles. The van der Waals surface area contributed by atoms with Crippen LogP contribution < -0.4 is 16.0 Å². The lowest BCUT2D eigenvalue weighted by Gasteiger charge is -2.11. The first-order valence-corrected chi connectivity index (χ1v) is 6.74. The maximum absolute atomic E-state index is 5.60. The Bertz CT molecular complexity index is 525. The van der Waals surface area contributed by atoms with E-state index in [1.54, 1.807) is 11.3 Å². The molecule has 0 amide bonds. The largest absolute Gasteiger partial charge is 0.477 e. The van der Waals surface area contributed by atoms with Crippen LogP contribution in [0, 0.1) is 6.92 Å². The number of nitrogens with one attached hydrogen (secondary N) is 1. The summed E-state index contributed by atoms with van der Waals surface area (Å²) in [5, 5.41) is 0. The van der Waals surface area contributed by atoms with Gasteiger partial charge in [-0.3, -0.25) is 5.84 Å². The third-order valence-corrected chi connectivity index (χ3v) is 3.74. The standard InChI is InChI=1S/C13H17N3OS/c1-3-10-4-5-11(6-12(10)17-7-16-14)13-9(2)15-8-18-13/h4-6,8,16H,3,7,14H2,1-2H3. The smallest absolute Gasteiger partial charge is 0.151 e. The van der Waals surface area contributed by atoms with Gasteiger partial charge in [0.2, 0.25) is 0 Å². The average Bonchev–Trinajstić information content (AvgIpc) is 2.82. The molecular weight excluding hydrogens is 246 g/mol. The van der Waals surface area contributed by atoms with E-state index >= 15 is 0 Å². The molecule has 0 unspecified atom stereocenters. The van der Waals surface area contributed by atoms with E-state index in [0.29, 0.717) is 6.73 Å². The zero-order valence-electron chi connectivity index (χ0n) is 10.6. The summed E-state index contributed by atoms with van der Waals surface area (Å²) in [6.07, 6.45) is 0.932. The van der Waals surface area contributed by atoms with E-state index in [-0.39, 0.29) is 0 Å². The molecule has 1 aromatic carbocycles. The fourth-order valence-electron chi connectivity index (χ4n) is 1.82. The number of benzene rings is 1. The predicted molar refractivity (Wildman–Crippen MR) is 74.5 cm³/mol. The van der Waals surface area contributed by atoms with Crippen molar-refractivity contribution >= 4 is 11.3 Å². The second-order valence-electron chi connectivity index (χ2n) is 3.94. The Balaban J connectivity index is 2.36. The molecule has 0 bridgehead atoms. The van der Waals surface area contributed by atoms with Crippen LogP contribution in [-0.2, 0) is 6.42 Å². The fourth-order valence-corrected chi connectivity index (χ4v) is 2.62. The first-order valence-electron chi connectivity index (χ1n) is 5.86. The van der Waals surface area contributed by atoms with E-state index in [1.165, 1.54) is 10.4 Å². The number of rotatable bonds is 5. The Labute approximate surface area is 111 Å². The number of hydrogen-bond donors (Lipinski definition) is 2. The van der Waals surface area contributed by atoms with Crippen molar-refractivity contribution in [3.05, 3.63) is 35.0 Å². The Hall–Kier alpha value is -1.43. The zero-order chi connectivity index (χ0) is 13.0. The monoisotopic (exact) mass is 263 g/mol. The van der Waals surface area contributed by atoms with Crippen molar-refractivity contribution in [3.8, 4) is 16.2 Å². The number of nitrogens with two attached hydrogens (primary N) is 1. The van der Waals surface area contributed by atoms with Crippen molar-refractivity contribution in [1.82, 2.24) is 10.4 Å². The number of aromatic nitrogens is 1. The molecule has 0 radical (unpaired) electrons. The van der Waals surface area contributed by atoms with Crippen molar-refractivity contribution in [1.29, 1.82) is 0 Å². The highest BCUT2D eigenvalue weighted by molar-refractivity contribution is 7.13. The summed E-state index contributed by atoms with van der Waals surface area (Å²) in [4.78, 5) is 5.46. The number of aryl methyl sites for hydroxylation is 2. The predicted octanol–water partition coefficient (Wildman–Crippen LogP) is 2.48. The van der Waals surface area contributed by atoms with Gasteiger partial charge in [-0.2, -0.15) is 0 Å². The minimum absolute atomic E-state index is 0.304. The van der Waals surface area contributed by atoms with Gasteiger partial charge < -0.3 is 4.74 Å². The van der Waals surface area contributed by atoms with E-state index in [4.69, 9.17) is 10.6 Å². The zero-order valence-corrected chi connectivity index (χ0v) is 11.4. The molecule has 0 aliphatic rings. The number of hydrogen-bond acceptors (Lipinski definition) is 5. The summed E-state index contributed by atoms with van der Waals surface area (Å²) in [5.41, 5.74) is 7.73. The number of hydrazine groups is 1. The lowest BCUT2D eigenvalue weighted by Crippen LogP contribution is -2.27. The summed E-state index contributed by atoms with van der Waals surface area (Å²) < 4.78 is 5.60. The first-order chi connectivity index (χ1) is 8.76. The summed E-state index contributed by atoms with van der Waals surface area (Å²) >= 11 is 1.64. The maximum Gasteiger partial charge on any atom is 0.151 e. The van der Waals surface area contributed by atoms with Crippen LogP contribution in [0.15, 0.2) is 23.7 Å². The van der Waals surface area contributed by atoms with Crippen LogP contribution in [0.5, 0.6) is 5.75 Å². The molecule has 1 aromatic heterocycles. The molecule has 4 nitrogen and oxygen atoms in total. The molecule has 2 aromatic rings. The lowest BCUT2D eigenvalue weighted by atomic mass is 10.1. The summed E-state index contributed by atoms with van der Waals surface area (Å²) in [6.45, 7) is 4.43. The van der Waals surface area contributed by atoms with Crippen molar-refractivity contribution in [2.75, 3.05) is 6.73 Å². The van der Waals surface area contributed by atoms with Crippen LogP contribution in [0.25, 0.3) is 10.4 Å². The topological polar surface area (TPSA) is 60.2 Å². The van der Waals surface area contributed by atoms with Crippen LogP contribution in [0.4, 0.5) is 0 Å². The van der Waals surface area contributed by atoms with Gasteiger partial charge >= 0.3 is 0 Å². The molecule has 1 heterocycles. The van der Waals surface area contributed by atoms with Gasteiger partial charge in [-0.1, -0.05) is 19.1 Å². The molecular formula is C13H17N3OS. The second-order valence-corrected chi connectivity index (χ2v) is 4.79. The van der Waals surface area contributed by atoms with Gasteiger partial charge in [-0.15, -0.1) is 11.3 Å². The van der Waals surface area contributed by atoms with Gasteiger partial charge in [0.05, 0.1) is 16.1 Å². The highest BCUT2D eigenvalue weighted by Crippen LogP contribution is 2.31. The van der Waals surface area contributed by atoms with E-state index < -0.39 is 0 Å². The number of ether oxygens (including phenoxy) is 1. The van der Waals surface area contributed by atoms with Crippen LogP contribution in [-0.4, -0.2) is 11.7 Å². The van der Waals surface area contributed by atoms with Crippen LogP contribution in [0.3, 0.4) is 0 Å². The van der Waals surface area contributed by atoms with Crippen molar-refractivity contribution < 1.29 is 4.74 Å². The van der Waals surface area contributed by atoms with E-state index in [2.05, 4.69) is 35.5 Å². The van der Waals surface area contributed by atoms with E-state index in [0.717, 1.165) is 23.4 Å². The third-order valence-electron chi connectivity index (χ3n) is 2.77. The molecule has 0 saturated carbocycles. The molecule has 0 spiro atoms. The normalized spacial score (nSPS) is 10.6. The molecule has 2 rings (SSSR count). The van der Waals surface area contributed by atoms with Gasteiger partial charge in [0, 0.05) is 0 Å².